The molecule has 0 spiro atoms. The van der Waals surface area contributed by atoms with Crippen molar-refractivity contribution in [3.8, 4) is 17.2 Å². The highest BCUT2D eigenvalue weighted by Gasteiger charge is 2.13. The Bertz CT molecular complexity index is 768. The van der Waals surface area contributed by atoms with Crippen LogP contribution in [0, 0.1) is 0 Å². The quantitative estimate of drug-likeness (QED) is 0.360. The maximum absolute atomic E-state index is 5.67. The summed E-state index contributed by atoms with van der Waals surface area (Å²) in [4.78, 5) is 4.27. The van der Waals surface area contributed by atoms with Crippen molar-refractivity contribution in [3.05, 3.63) is 53.6 Å². The lowest BCUT2D eigenvalue weighted by Gasteiger charge is -2.14. The molecule has 0 bridgehead atoms. The fourth-order valence-corrected chi connectivity index (χ4v) is 2.78. The first-order valence-electron chi connectivity index (χ1n) is 8.84. The second-order valence-corrected chi connectivity index (χ2v) is 5.83. The molecule has 1 heterocycles. The lowest BCUT2D eigenvalue weighted by Crippen LogP contribution is -2.37. The number of halogens is 1. The van der Waals surface area contributed by atoms with Crippen LogP contribution in [-0.2, 0) is 13.0 Å². The highest BCUT2D eigenvalue weighted by atomic mass is 127. The van der Waals surface area contributed by atoms with Crippen LogP contribution in [0.1, 0.15) is 18.1 Å². The predicted molar refractivity (Wildman–Crippen MR) is 117 cm³/mol. The highest BCUT2D eigenvalue weighted by molar-refractivity contribution is 14.0. The van der Waals surface area contributed by atoms with Gasteiger partial charge in [0.1, 0.15) is 5.75 Å². The molecule has 27 heavy (non-hydrogen) atoms. The molecule has 0 aromatic heterocycles. The SMILES string of the molecule is CCOc1ccccc1CCNC(=NC)NCc1ccc2c(c1)OCO2.I. The molecule has 0 saturated heterocycles. The van der Waals surface area contributed by atoms with Crippen LogP contribution < -0.4 is 24.8 Å². The van der Waals surface area contributed by atoms with Crippen LogP contribution >= 0.6 is 24.0 Å². The van der Waals surface area contributed by atoms with Gasteiger partial charge in [0, 0.05) is 20.1 Å². The zero-order valence-corrected chi connectivity index (χ0v) is 18.0. The van der Waals surface area contributed by atoms with E-state index in [2.05, 4.69) is 21.7 Å². The van der Waals surface area contributed by atoms with E-state index >= 15 is 0 Å². The third kappa shape index (κ3) is 5.92. The Kier molecular flexibility index (Phi) is 8.50. The van der Waals surface area contributed by atoms with E-state index in [1.165, 1.54) is 5.56 Å². The van der Waals surface area contributed by atoms with Gasteiger partial charge in [-0.2, -0.15) is 0 Å². The van der Waals surface area contributed by atoms with Crippen molar-refractivity contribution >= 4 is 29.9 Å². The summed E-state index contributed by atoms with van der Waals surface area (Å²) in [5.74, 6) is 3.29. The fraction of sp³-hybridized carbons (Fsp3) is 0.350. The van der Waals surface area contributed by atoms with Gasteiger partial charge >= 0.3 is 0 Å². The zero-order chi connectivity index (χ0) is 18.2. The summed E-state index contributed by atoms with van der Waals surface area (Å²) >= 11 is 0. The van der Waals surface area contributed by atoms with Crippen LogP contribution in [0.5, 0.6) is 17.2 Å². The number of nitrogens with one attached hydrogen (secondary N) is 2. The van der Waals surface area contributed by atoms with E-state index in [1.807, 2.05) is 43.3 Å². The molecule has 1 aliphatic rings. The van der Waals surface area contributed by atoms with Crippen molar-refractivity contribution in [2.45, 2.75) is 19.9 Å². The number of ether oxygens (including phenoxy) is 3. The van der Waals surface area contributed by atoms with Crippen LogP contribution in [0.2, 0.25) is 0 Å². The molecule has 0 unspecified atom stereocenters. The third-order valence-electron chi connectivity index (χ3n) is 4.08. The predicted octanol–water partition coefficient (Wildman–Crippen LogP) is 3.34. The Balaban J connectivity index is 0.00000261. The van der Waals surface area contributed by atoms with E-state index in [4.69, 9.17) is 14.2 Å². The van der Waals surface area contributed by atoms with Gasteiger partial charge in [0.25, 0.3) is 0 Å². The van der Waals surface area contributed by atoms with Gasteiger partial charge in [0.15, 0.2) is 17.5 Å². The summed E-state index contributed by atoms with van der Waals surface area (Å²) < 4.78 is 16.4. The van der Waals surface area contributed by atoms with Crippen molar-refractivity contribution in [2.24, 2.45) is 4.99 Å². The summed E-state index contributed by atoms with van der Waals surface area (Å²) in [5.41, 5.74) is 2.30. The summed E-state index contributed by atoms with van der Waals surface area (Å²) in [7, 11) is 1.77. The molecular weight excluding hydrogens is 457 g/mol. The Morgan fingerprint density at radius 1 is 1.11 bits per heavy atom. The molecule has 7 heteroatoms. The molecule has 3 rings (SSSR count). The molecular formula is C20H26IN3O3. The van der Waals surface area contributed by atoms with Crippen LogP contribution in [0.15, 0.2) is 47.5 Å². The van der Waals surface area contributed by atoms with E-state index in [9.17, 15) is 0 Å². The van der Waals surface area contributed by atoms with Gasteiger partial charge in [0.2, 0.25) is 6.79 Å². The molecule has 0 fully saturated rings. The van der Waals surface area contributed by atoms with Gasteiger partial charge in [-0.15, -0.1) is 24.0 Å². The van der Waals surface area contributed by atoms with Crippen LogP contribution in [0.25, 0.3) is 0 Å². The minimum absolute atomic E-state index is 0. The van der Waals surface area contributed by atoms with Gasteiger partial charge in [-0.25, -0.2) is 0 Å². The average molecular weight is 483 g/mol. The van der Waals surface area contributed by atoms with Gasteiger partial charge in [-0.1, -0.05) is 24.3 Å². The number of rotatable bonds is 7. The number of hydrogen-bond acceptors (Lipinski definition) is 4. The molecule has 6 nitrogen and oxygen atoms in total. The highest BCUT2D eigenvalue weighted by Crippen LogP contribution is 2.32. The van der Waals surface area contributed by atoms with Gasteiger partial charge < -0.3 is 24.8 Å². The number of aliphatic imine (C=N–C) groups is 1. The van der Waals surface area contributed by atoms with Crippen molar-refractivity contribution < 1.29 is 14.2 Å². The number of para-hydroxylation sites is 1. The Hall–Kier alpha value is -2.16. The number of fused-ring (bicyclic) bond motifs is 1. The minimum atomic E-state index is 0. The summed E-state index contributed by atoms with van der Waals surface area (Å²) in [6, 6.07) is 14.1. The number of hydrogen-bond donors (Lipinski definition) is 2. The third-order valence-corrected chi connectivity index (χ3v) is 4.08. The van der Waals surface area contributed by atoms with Crippen LogP contribution in [0.4, 0.5) is 0 Å². The van der Waals surface area contributed by atoms with Crippen molar-refractivity contribution in [1.29, 1.82) is 0 Å². The minimum Gasteiger partial charge on any atom is -0.494 e. The largest absolute Gasteiger partial charge is 0.494 e. The first kappa shape index (κ1) is 21.1. The average Bonchev–Trinajstić information content (AvgIpc) is 3.14. The standard InChI is InChI=1S/C20H25N3O3.HI/c1-3-24-17-7-5-4-6-16(17)10-11-22-20(21-2)23-13-15-8-9-18-19(12-15)26-14-25-18;/h4-9,12H,3,10-11,13-14H2,1-2H3,(H2,21,22,23);1H. The topological polar surface area (TPSA) is 64.1 Å². The van der Waals surface area contributed by atoms with E-state index in [-0.39, 0.29) is 24.0 Å². The molecule has 2 aromatic carbocycles. The normalized spacial score (nSPS) is 12.3. The number of nitrogens with zero attached hydrogens (tertiary/aromatic N) is 1. The van der Waals surface area contributed by atoms with E-state index < -0.39 is 0 Å². The van der Waals surface area contributed by atoms with Crippen LogP contribution in [-0.4, -0.2) is 33.0 Å². The molecule has 146 valence electrons. The van der Waals surface area contributed by atoms with Crippen molar-refractivity contribution in [1.82, 2.24) is 10.6 Å². The molecule has 2 N–H and O–H groups in total. The Morgan fingerprint density at radius 3 is 2.74 bits per heavy atom. The Labute approximate surface area is 177 Å². The van der Waals surface area contributed by atoms with E-state index in [1.54, 1.807) is 7.05 Å². The van der Waals surface area contributed by atoms with Gasteiger partial charge in [0.05, 0.1) is 6.61 Å². The van der Waals surface area contributed by atoms with Crippen molar-refractivity contribution in [3.63, 3.8) is 0 Å². The fourth-order valence-electron chi connectivity index (χ4n) is 2.78. The van der Waals surface area contributed by atoms with E-state index in [0.717, 1.165) is 41.7 Å². The summed E-state index contributed by atoms with van der Waals surface area (Å²) in [5, 5.41) is 6.65. The molecule has 1 aliphatic heterocycles. The van der Waals surface area contributed by atoms with Gasteiger partial charge in [-0.3, -0.25) is 4.99 Å². The van der Waals surface area contributed by atoms with E-state index in [0.29, 0.717) is 19.9 Å². The summed E-state index contributed by atoms with van der Waals surface area (Å²) in [6.45, 7) is 4.38. The number of benzene rings is 2. The first-order valence-corrected chi connectivity index (χ1v) is 8.84. The van der Waals surface area contributed by atoms with Gasteiger partial charge in [-0.05, 0) is 42.7 Å². The maximum Gasteiger partial charge on any atom is 0.231 e. The monoisotopic (exact) mass is 483 g/mol. The smallest absolute Gasteiger partial charge is 0.231 e. The molecule has 2 aromatic rings. The molecule has 0 saturated carbocycles. The first-order chi connectivity index (χ1) is 12.8. The second-order valence-electron chi connectivity index (χ2n) is 5.83. The lowest BCUT2D eigenvalue weighted by atomic mass is 10.1. The van der Waals surface area contributed by atoms with Crippen LogP contribution in [0.3, 0.4) is 0 Å². The summed E-state index contributed by atoms with van der Waals surface area (Å²) in [6.07, 6.45) is 0.862. The van der Waals surface area contributed by atoms with Crippen molar-refractivity contribution in [2.75, 3.05) is 27.0 Å². The lowest BCUT2D eigenvalue weighted by molar-refractivity contribution is 0.174. The zero-order valence-electron chi connectivity index (χ0n) is 15.7. The second kappa shape index (κ2) is 10.9. The maximum atomic E-state index is 5.67. The Morgan fingerprint density at radius 2 is 1.93 bits per heavy atom. The molecule has 0 atom stereocenters. The molecule has 0 amide bonds. The molecule has 0 aliphatic carbocycles. The molecule has 0 radical (unpaired) electrons. The number of guanidine groups is 1.